The summed E-state index contributed by atoms with van der Waals surface area (Å²) in [5, 5.41) is 2.76. The van der Waals surface area contributed by atoms with Crippen LogP contribution in [0.3, 0.4) is 0 Å². The maximum Gasteiger partial charge on any atom is 0.407 e. The van der Waals surface area contributed by atoms with Crippen molar-refractivity contribution in [3.63, 3.8) is 0 Å². The molecule has 2 rings (SSSR count). The monoisotopic (exact) mass is 273 g/mol. The van der Waals surface area contributed by atoms with Gasteiger partial charge in [0.15, 0.2) is 0 Å². The Kier molecular flexibility index (Phi) is 5.09. The van der Waals surface area contributed by atoms with Gasteiger partial charge in [0.2, 0.25) is 0 Å². The smallest absolute Gasteiger partial charge is 0.407 e. The van der Waals surface area contributed by atoms with Crippen molar-refractivity contribution < 1.29 is 19.0 Å². The van der Waals surface area contributed by atoms with E-state index < -0.39 is 6.09 Å². The Hall–Kier alpha value is -1.62. The van der Waals surface area contributed by atoms with Crippen LogP contribution in [0.5, 0.6) is 11.5 Å². The van der Waals surface area contributed by atoms with Crippen LogP contribution in [0.2, 0.25) is 0 Å². The molecule has 1 atom stereocenters. The molecule has 18 heavy (non-hydrogen) atoms. The van der Waals surface area contributed by atoms with Gasteiger partial charge in [0.25, 0.3) is 0 Å². The zero-order chi connectivity index (χ0) is 12.3. The van der Waals surface area contributed by atoms with Gasteiger partial charge in [0.1, 0.15) is 11.5 Å². The first kappa shape index (κ1) is 14.4. The third kappa shape index (κ3) is 2.98. The van der Waals surface area contributed by atoms with E-state index in [4.69, 9.17) is 14.2 Å². The average Bonchev–Trinajstić information content (AvgIpc) is 2.38. The molecule has 0 spiro atoms. The molecular formula is C12H16ClNO4. The number of carbonyl (C=O) groups excluding carboxylic acids is 1. The molecule has 1 aliphatic heterocycles. The van der Waals surface area contributed by atoms with E-state index in [0.717, 1.165) is 23.5 Å². The summed E-state index contributed by atoms with van der Waals surface area (Å²) in [4.78, 5) is 11.2. The van der Waals surface area contributed by atoms with E-state index in [1.807, 2.05) is 18.2 Å². The lowest BCUT2D eigenvalue weighted by Crippen LogP contribution is -2.35. The Morgan fingerprint density at radius 3 is 2.72 bits per heavy atom. The standard InChI is InChI=1S/C12H15NO4.ClH/c1-15-8-3-4-11(16-2)9(7-8)10-5-6-17-12(14)13-10;/h3-4,7,10H,5-6H2,1-2H3,(H,13,14);1H/t10-;/m1./s1. The van der Waals surface area contributed by atoms with E-state index in [0.29, 0.717) is 6.61 Å². The first-order valence-electron chi connectivity index (χ1n) is 5.40. The summed E-state index contributed by atoms with van der Waals surface area (Å²) >= 11 is 0. The SMILES string of the molecule is COc1ccc(OC)c([C@H]2CCOC(=O)N2)c1.Cl. The highest BCUT2D eigenvalue weighted by molar-refractivity contribution is 5.85. The zero-order valence-electron chi connectivity index (χ0n) is 10.3. The van der Waals surface area contributed by atoms with Crippen molar-refractivity contribution in [3.05, 3.63) is 23.8 Å². The molecule has 1 heterocycles. The van der Waals surface area contributed by atoms with Crippen LogP contribution in [-0.2, 0) is 4.74 Å². The fourth-order valence-corrected chi connectivity index (χ4v) is 1.87. The minimum atomic E-state index is -0.397. The number of alkyl carbamates (subject to hydrolysis) is 1. The summed E-state index contributed by atoms with van der Waals surface area (Å²) in [6.07, 6.45) is 0.320. The van der Waals surface area contributed by atoms with Crippen LogP contribution in [0.25, 0.3) is 0 Å². The number of benzene rings is 1. The number of rotatable bonds is 3. The van der Waals surface area contributed by atoms with Crippen LogP contribution in [0, 0.1) is 0 Å². The molecule has 1 saturated heterocycles. The molecule has 0 unspecified atom stereocenters. The Balaban J connectivity index is 0.00000162. The fraction of sp³-hybridized carbons (Fsp3) is 0.417. The van der Waals surface area contributed by atoms with Gasteiger partial charge in [-0.25, -0.2) is 4.79 Å². The van der Waals surface area contributed by atoms with E-state index in [9.17, 15) is 4.79 Å². The first-order chi connectivity index (χ1) is 8.24. The fourth-order valence-electron chi connectivity index (χ4n) is 1.87. The lowest BCUT2D eigenvalue weighted by molar-refractivity contribution is 0.115. The molecule has 0 aromatic heterocycles. The number of amides is 1. The Bertz CT molecular complexity index is 425. The zero-order valence-corrected chi connectivity index (χ0v) is 11.1. The number of hydrogen-bond acceptors (Lipinski definition) is 4. The molecule has 0 radical (unpaired) electrons. The second-order valence-electron chi connectivity index (χ2n) is 3.73. The average molecular weight is 274 g/mol. The molecule has 0 saturated carbocycles. The van der Waals surface area contributed by atoms with Crippen molar-refractivity contribution >= 4 is 18.5 Å². The van der Waals surface area contributed by atoms with Gasteiger partial charge in [-0.1, -0.05) is 0 Å². The van der Waals surface area contributed by atoms with Crippen molar-refractivity contribution in [1.82, 2.24) is 5.32 Å². The molecule has 0 bridgehead atoms. The predicted octanol–water partition coefficient (Wildman–Crippen LogP) is 2.30. The maximum atomic E-state index is 11.2. The molecule has 5 nitrogen and oxygen atoms in total. The van der Waals surface area contributed by atoms with Gasteiger partial charge in [-0.3, -0.25) is 0 Å². The number of hydrogen-bond donors (Lipinski definition) is 1. The molecule has 1 aromatic rings. The minimum absolute atomic E-state index is 0. The Morgan fingerprint density at radius 2 is 2.11 bits per heavy atom. The normalized spacial score (nSPS) is 18.1. The highest BCUT2D eigenvalue weighted by Crippen LogP contribution is 2.32. The summed E-state index contributed by atoms with van der Waals surface area (Å²) in [6, 6.07) is 5.43. The van der Waals surface area contributed by atoms with Gasteiger partial charge in [-0.05, 0) is 18.2 Å². The predicted molar refractivity (Wildman–Crippen MR) is 68.6 cm³/mol. The number of cyclic esters (lactones) is 1. The van der Waals surface area contributed by atoms with E-state index in [2.05, 4.69) is 5.32 Å². The third-order valence-corrected chi connectivity index (χ3v) is 2.74. The minimum Gasteiger partial charge on any atom is -0.497 e. The number of methoxy groups -OCH3 is 2. The van der Waals surface area contributed by atoms with Gasteiger partial charge < -0.3 is 19.5 Å². The molecule has 100 valence electrons. The Morgan fingerprint density at radius 1 is 1.33 bits per heavy atom. The lowest BCUT2D eigenvalue weighted by atomic mass is 10.0. The lowest BCUT2D eigenvalue weighted by Gasteiger charge is -2.25. The van der Waals surface area contributed by atoms with Crippen LogP contribution < -0.4 is 14.8 Å². The molecular weight excluding hydrogens is 258 g/mol. The van der Waals surface area contributed by atoms with Crippen LogP contribution >= 0.6 is 12.4 Å². The van der Waals surface area contributed by atoms with Gasteiger partial charge >= 0.3 is 6.09 Å². The maximum absolute atomic E-state index is 11.2. The van der Waals surface area contributed by atoms with E-state index in [-0.39, 0.29) is 18.4 Å². The summed E-state index contributed by atoms with van der Waals surface area (Å²) < 4.78 is 15.3. The highest BCUT2D eigenvalue weighted by atomic mass is 35.5. The summed E-state index contributed by atoms with van der Waals surface area (Å²) in [6.45, 7) is 0.414. The van der Waals surface area contributed by atoms with E-state index >= 15 is 0 Å². The van der Waals surface area contributed by atoms with Gasteiger partial charge in [-0.15, -0.1) is 12.4 Å². The molecule has 1 aliphatic rings. The molecule has 1 amide bonds. The van der Waals surface area contributed by atoms with Crippen molar-refractivity contribution in [2.45, 2.75) is 12.5 Å². The van der Waals surface area contributed by atoms with Crippen LogP contribution in [0.1, 0.15) is 18.0 Å². The van der Waals surface area contributed by atoms with Crippen molar-refractivity contribution in [3.8, 4) is 11.5 Å². The molecule has 1 N–H and O–H groups in total. The quantitative estimate of drug-likeness (QED) is 0.918. The van der Waals surface area contributed by atoms with Crippen LogP contribution in [0.15, 0.2) is 18.2 Å². The first-order valence-corrected chi connectivity index (χ1v) is 5.40. The summed E-state index contributed by atoms with van der Waals surface area (Å²) in [7, 11) is 3.21. The number of carbonyl (C=O) groups is 1. The van der Waals surface area contributed by atoms with Gasteiger partial charge in [0, 0.05) is 12.0 Å². The van der Waals surface area contributed by atoms with Gasteiger partial charge in [-0.2, -0.15) is 0 Å². The second-order valence-corrected chi connectivity index (χ2v) is 3.73. The van der Waals surface area contributed by atoms with Gasteiger partial charge in [0.05, 0.1) is 26.9 Å². The number of halogens is 1. The molecule has 1 fully saturated rings. The largest absolute Gasteiger partial charge is 0.497 e. The number of ether oxygens (including phenoxy) is 3. The number of nitrogens with one attached hydrogen (secondary N) is 1. The second kappa shape index (κ2) is 6.35. The third-order valence-electron chi connectivity index (χ3n) is 2.74. The van der Waals surface area contributed by atoms with Crippen molar-refractivity contribution in [2.75, 3.05) is 20.8 Å². The summed E-state index contributed by atoms with van der Waals surface area (Å²) in [5.74, 6) is 1.47. The highest BCUT2D eigenvalue weighted by Gasteiger charge is 2.23. The summed E-state index contributed by atoms with van der Waals surface area (Å²) in [5.41, 5.74) is 0.906. The molecule has 6 heteroatoms. The van der Waals surface area contributed by atoms with Crippen LogP contribution in [-0.4, -0.2) is 26.9 Å². The molecule has 1 aromatic carbocycles. The molecule has 0 aliphatic carbocycles. The topological polar surface area (TPSA) is 56.8 Å². The Labute approximate surface area is 112 Å². The van der Waals surface area contributed by atoms with E-state index in [1.165, 1.54) is 0 Å². The van der Waals surface area contributed by atoms with Crippen LogP contribution in [0.4, 0.5) is 4.79 Å². The van der Waals surface area contributed by atoms with Crippen molar-refractivity contribution in [2.24, 2.45) is 0 Å². The van der Waals surface area contributed by atoms with E-state index in [1.54, 1.807) is 14.2 Å². The van der Waals surface area contributed by atoms with Crippen molar-refractivity contribution in [1.29, 1.82) is 0 Å².